The number of anilines is 1. The van der Waals surface area contributed by atoms with Gasteiger partial charge in [-0.05, 0) is 35.9 Å². The average Bonchev–Trinajstić information content (AvgIpc) is 2.61. The Morgan fingerprint density at radius 2 is 1.72 bits per heavy atom. The Labute approximate surface area is 175 Å². The fourth-order valence-corrected chi connectivity index (χ4v) is 5.32. The number of rotatable bonds is 8. The van der Waals surface area contributed by atoms with Gasteiger partial charge in [-0.25, -0.2) is 22.0 Å². The van der Waals surface area contributed by atoms with Crippen molar-refractivity contribution in [3.8, 4) is 0 Å². The van der Waals surface area contributed by atoms with E-state index in [1.165, 1.54) is 28.6 Å². The van der Waals surface area contributed by atoms with Crippen LogP contribution in [0.25, 0.3) is 0 Å². The number of sulfonamides is 2. The Morgan fingerprint density at radius 3 is 2.31 bits per heavy atom. The van der Waals surface area contributed by atoms with Crippen molar-refractivity contribution in [1.29, 1.82) is 0 Å². The molecule has 0 aliphatic rings. The first kappa shape index (κ1) is 23.3. The Morgan fingerprint density at radius 1 is 1.07 bits per heavy atom. The number of nitrogens with two attached hydrogens (primary N) is 1. The maximum absolute atomic E-state index is 12.8. The van der Waals surface area contributed by atoms with E-state index in [2.05, 4.69) is 5.32 Å². The number of nitrogens with zero attached hydrogens (tertiary/aromatic N) is 1. The summed E-state index contributed by atoms with van der Waals surface area (Å²) in [6.07, 6.45) is 0. The van der Waals surface area contributed by atoms with E-state index in [4.69, 9.17) is 16.7 Å². The number of amides is 1. The monoisotopic (exact) mass is 459 g/mol. The van der Waals surface area contributed by atoms with Crippen molar-refractivity contribution in [3.63, 3.8) is 0 Å². The summed E-state index contributed by atoms with van der Waals surface area (Å²) in [4.78, 5) is 12.5. The summed E-state index contributed by atoms with van der Waals surface area (Å²) in [5, 5.41) is 7.67. The molecule has 1 amide bonds. The molecule has 0 saturated heterocycles. The van der Waals surface area contributed by atoms with Gasteiger partial charge in [0.2, 0.25) is 20.0 Å². The molecule has 2 aromatic carbocycles. The van der Waals surface area contributed by atoms with E-state index < -0.39 is 26.0 Å². The molecule has 0 atom stereocenters. The quantitative estimate of drug-likeness (QED) is 0.626. The third kappa shape index (κ3) is 6.00. The lowest BCUT2D eigenvalue weighted by Crippen LogP contribution is -2.31. The molecule has 29 heavy (non-hydrogen) atoms. The topological polar surface area (TPSA) is 127 Å². The molecular weight excluding hydrogens is 438 g/mol. The third-order valence-corrected chi connectivity index (χ3v) is 7.34. The SMILES string of the molecule is CCN(CC)S(=O)(=O)c1cc(C(=O)Nc2cccc(CS(N)(=O)=O)c2)ccc1Cl. The lowest BCUT2D eigenvalue weighted by Gasteiger charge is -2.19. The second kappa shape index (κ2) is 9.23. The minimum Gasteiger partial charge on any atom is -0.322 e. The van der Waals surface area contributed by atoms with Gasteiger partial charge < -0.3 is 5.32 Å². The molecule has 0 aliphatic heterocycles. The maximum Gasteiger partial charge on any atom is 0.255 e. The van der Waals surface area contributed by atoms with Crippen LogP contribution in [-0.4, -0.2) is 40.1 Å². The van der Waals surface area contributed by atoms with Gasteiger partial charge in [0.05, 0.1) is 10.8 Å². The maximum atomic E-state index is 12.8. The Hall–Kier alpha value is -1.98. The molecular formula is C18H22ClN3O5S2. The van der Waals surface area contributed by atoms with E-state index in [0.29, 0.717) is 11.3 Å². The van der Waals surface area contributed by atoms with E-state index in [0.717, 1.165) is 0 Å². The zero-order valence-corrected chi connectivity index (χ0v) is 18.3. The first-order valence-electron chi connectivity index (χ1n) is 8.68. The van der Waals surface area contributed by atoms with Crippen molar-refractivity contribution < 1.29 is 21.6 Å². The molecule has 0 aromatic heterocycles. The first-order chi connectivity index (χ1) is 13.5. The van der Waals surface area contributed by atoms with Crippen molar-refractivity contribution in [3.05, 3.63) is 58.6 Å². The molecule has 8 nitrogen and oxygen atoms in total. The fourth-order valence-electron chi connectivity index (χ4n) is 2.72. The lowest BCUT2D eigenvalue weighted by atomic mass is 10.2. The minimum atomic E-state index is -3.85. The van der Waals surface area contributed by atoms with Crippen LogP contribution in [0.5, 0.6) is 0 Å². The normalized spacial score (nSPS) is 12.2. The van der Waals surface area contributed by atoms with E-state index in [1.54, 1.807) is 32.0 Å². The number of primary sulfonamides is 1. The Balaban J connectivity index is 2.32. The lowest BCUT2D eigenvalue weighted by molar-refractivity contribution is 0.102. The molecule has 2 rings (SSSR count). The summed E-state index contributed by atoms with van der Waals surface area (Å²) in [7, 11) is -7.56. The standard InChI is InChI=1S/C18H22ClN3O5S2/c1-3-22(4-2)29(26,27)17-11-14(8-9-16(17)19)18(23)21-15-7-5-6-13(10-15)12-28(20,24)25/h5-11H,3-4,12H2,1-2H3,(H,21,23)(H2,20,24,25). The predicted octanol–water partition coefficient (Wildman–Crippen LogP) is 2.41. The van der Waals surface area contributed by atoms with Crippen LogP contribution in [0.1, 0.15) is 29.8 Å². The summed E-state index contributed by atoms with van der Waals surface area (Å²) < 4.78 is 49.3. The molecule has 2 aromatic rings. The Bertz CT molecular complexity index is 1110. The molecule has 11 heteroatoms. The Kier molecular flexibility index (Phi) is 7.41. The molecule has 0 bridgehead atoms. The number of benzene rings is 2. The largest absolute Gasteiger partial charge is 0.322 e. The van der Waals surface area contributed by atoms with Crippen LogP contribution in [-0.2, 0) is 25.8 Å². The van der Waals surface area contributed by atoms with Crippen LogP contribution in [0.2, 0.25) is 5.02 Å². The van der Waals surface area contributed by atoms with Gasteiger partial charge in [0.25, 0.3) is 5.91 Å². The summed E-state index contributed by atoms with van der Waals surface area (Å²) in [5.74, 6) is -0.936. The highest BCUT2D eigenvalue weighted by molar-refractivity contribution is 7.89. The van der Waals surface area contributed by atoms with Gasteiger partial charge in [-0.1, -0.05) is 37.6 Å². The van der Waals surface area contributed by atoms with Crippen molar-refractivity contribution in [1.82, 2.24) is 4.31 Å². The van der Waals surface area contributed by atoms with E-state index in [-0.39, 0.29) is 34.3 Å². The van der Waals surface area contributed by atoms with E-state index in [1.807, 2.05) is 0 Å². The van der Waals surface area contributed by atoms with Crippen LogP contribution in [0.3, 0.4) is 0 Å². The van der Waals surface area contributed by atoms with Gasteiger partial charge in [-0.2, -0.15) is 4.31 Å². The third-order valence-electron chi connectivity index (χ3n) is 4.07. The summed E-state index contributed by atoms with van der Waals surface area (Å²) in [6, 6.07) is 10.2. The molecule has 158 valence electrons. The number of carbonyl (C=O) groups excluding carboxylic acids is 1. The smallest absolute Gasteiger partial charge is 0.255 e. The van der Waals surface area contributed by atoms with Crippen molar-refractivity contribution in [2.45, 2.75) is 24.5 Å². The second-order valence-corrected chi connectivity index (χ2v) is 10.1. The summed E-state index contributed by atoms with van der Waals surface area (Å²) in [5.41, 5.74) is 0.849. The van der Waals surface area contributed by atoms with E-state index in [9.17, 15) is 21.6 Å². The van der Waals surface area contributed by atoms with Crippen molar-refractivity contribution >= 4 is 43.2 Å². The molecule has 3 N–H and O–H groups in total. The molecule has 0 spiro atoms. The first-order valence-corrected chi connectivity index (χ1v) is 12.2. The van der Waals surface area contributed by atoms with Gasteiger partial charge in [-0.3, -0.25) is 4.79 Å². The van der Waals surface area contributed by atoms with Gasteiger partial charge in [0, 0.05) is 24.3 Å². The second-order valence-electron chi connectivity index (χ2n) is 6.20. The molecule has 0 aliphatic carbocycles. The minimum absolute atomic E-state index is 0.0172. The average molecular weight is 460 g/mol. The fraction of sp³-hybridized carbons (Fsp3) is 0.278. The zero-order chi connectivity index (χ0) is 21.8. The van der Waals surface area contributed by atoms with Gasteiger partial charge in [-0.15, -0.1) is 0 Å². The van der Waals surface area contributed by atoms with Gasteiger partial charge in [0.1, 0.15) is 4.90 Å². The number of halogens is 1. The van der Waals surface area contributed by atoms with Crippen LogP contribution in [0, 0.1) is 0 Å². The highest BCUT2D eigenvalue weighted by Gasteiger charge is 2.25. The van der Waals surface area contributed by atoms with Gasteiger partial charge in [0.15, 0.2) is 0 Å². The molecule has 0 fully saturated rings. The van der Waals surface area contributed by atoms with Crippen LogP contribution in [0.15, 0.2) is 47.4 Å². The number of hydrogen-bond acceptors (Lipinski definition) is 5. The molecule has 0 unspecified atom stereocenters. The summed E-state index contributed by atoms with van der Waals surface area (Å²) >= 11 is 6.08. The summed E-state index contributed by atoms with van der Waals surface area (Å²) in [6.45, 7) is 3.95. The van der Waals surface area contributed by atoms with Gasteiger partial charge >= 0.3 is 0 Å². The molecule has 0 radical (unpaired) electrons. The highest BCUT2D eigenvalue weighted by atomic mass is 35.5. The van der Waals surface area contributed by atoms with Crippen LogP contribution >= 0.6 is 11.6 Å². The molecule has 0 saturated carbocycles. The van der Waals surface area contributed by atoms with Crippen molar-refractivity contribution in [2.24, 2.45) is 5.14 Å². The highest BCUT2D eigenvalue weighted by Crippen LogP contribution is 2.26. The van der Waals surface area contributed by atoms with E-state index >= 15 is 0 Å². The number of carbonyl (C=O) groups is 1. The number of nitrogens with one attached hydrogen (secondary N) is 1. The van der Waals surface area contributed by atoms with Crippen LogP contribution < -0.4 is 10.5 Å². The zero-order valence-electron chi connectivity index (χ0n) is 15.9. The van der Waals surface area contributed by atoms with Crippen LogP contribution in [0.4, 0.5) is 5.69 Å². The predicted molar refractivity (Wildman–Crippen MR) is 113 cm³/mol. The number of hydrogen-bond donors (Lipinski definition) is 2. The van der Waals surface area contributed by atoms with Crippen molar-refractivity contribution in [2.75, 3.05) is 18.4 Å². The molecule has 0 heterocycles.